The van der Waals surface area contributed by atoms with Crippen LogP contribution in [-0.4, -0.2) is 38.4 Å². The van der Waals surface area contributed by atoms with Crippen LogP contribution in [0, 0.1) is 94.3 Å². The first-order valence-electron chi connectivity index (χ1n) is 25.6. The maximum atomic E-state index is 15.0. The molecule has 0 aliphatic heterocycles. The summed E-state index contributed by atoms with van der Waals surface area (Å²) in [5.41, 5.74) is 2.77. The van der Waals surface area contributed by atoms with Gasteiger partial charge in [0.2, 0.25) is 0 Å². The van der Waals surface area contributed by atoms with Crippen LogP contribution >= 0.6 is 0 Å². The first-order valence-corrected chi connectivity index (χ1v) is 25.6. The number of hydrogen-bond donors (Lipinski definition) is 0. The van der Waals surface area contributed by atoms with Crippen molar-refractivity contribution in [1.82, 2.24) is 0 Å². The molecule has 0 N–H and O–H groups in total. The molecule has 390 valence electrons. The second-order valence-electron chi connectivity index (χ2n) is 18.2. The number of carbonyl (C=O) groups is 2. The van der Waals surface area contributed by atoms with E-state index in [4.69, 9.17) is 28.4 Å². The van der Waals surface area contributed by atoms with Gasteiger partial charge in [0.05, 0.1) is 49.4 Å². The molecule has 0 spiro atoms. The van der Waals surface area contributed by atoms with Crippen LogP contribution in [0.25, 0.3) is 0 Å². The van der Waals surface area contributed by atoms with Crippen molar-refractivity contribution in [2.75, 3.05) is 26.4 Å². The SMILES string of the molecule is CCCOc1ccc(C#Cc2ccc(C#Cc3ccc(OCCC)c(F)c3)c(OC(=O)[C@H]3[C@H](C(=O)Oc4cc(C#Cc5ccc(OCCC)c(F)c5)ccc4C#Cc4ccc(OCCC)c(F)c4)[C@H]4C=C[C@@H]3C4)c2)cc1F. The lowest BCUT2D eigenvalue weighted by molar-refractivity contribution is -0.151. The maximum Gasteiger partial charge on any atom is 0.315 e. The standard InChI is InChI=1S/C65H54F4O8/c1-5-31-72-56-27-17-42(35-52(56)66)9-11-46-15-23-48(21-13-44-19-29-58(54(68)37-44)74-33-7-3)60(39-46)76-64(70)62-50-25-26-51(41-50)63(62)65(71)77-61-40-47(12-10-43-18-28-57(53(67)36-43)73-32-6-2)16-24-49(61)22-14-45-20-30-59(55(69)38-45)75-34-8-4/h15-20,23-30,35-40,50-51,62-63H,5-8,31-34,41H2,1-4H3/t50-,51+,62-,63-/m1/s1. The Kier molecular flexibility index (Phi) is 18.4. The van der Waals surface area contributed by atoms with E-state index in [0.717, 1.165) is 0 Å². The van der Waals surface area contributed by atoms with Gasteiger partial charge in [-0.25, -0.2) is 17.6 Å². The number of allylic oxidation sites excluding steroid dienone is 2. The smallest absolute Gasteiger partial charge is 0.315 e. The third-order valence-electron chi connectivity index (χ3n) is 12.3. The summed E-state index contributed by atoms with van der Waals surface area (Å²) in [4.78, 5) is 29.3. The quantitative estimate of drug-likeness (QED) is 0.0311. The number of ether oxygens (including phenoxy) is 6. The molecule has 0 unspecified atom stereocenters. The minimum Gasteiger partial charge on any atom is -0.491 e. The number of halogens is 4. The molecule has 0 amide bonds. The summed E-state index contributed by atoms with van der Waals surface area (Å²) < 4.78 is 94.0. The van der Waals surface area contributed by atoms with E-state index < -0.39 is 47.0 Å². The Labute approximate surface area is 446 Å². The van der Waals surface area contributed by atoms with Gasteiger partial charge in [0.25, 0.3) is 0 Å². The molecular formula is C65H54F4O8. The molecule has 1 saturated carbocycles. The molecule has 6 aromatic carbocycles. The Bertz CT molecular complexity index is 3240. The minimum atomic E-state index is -0.998. The van der Waals surface area contributed by atoms with Crippen molar-refractivity contribution >= 4 is 11.9 Å². The normalized spacial score (nSPS) is 15.5. The molecule has 6 aromatic rings. The summed E-state index contributed by atoms with van der Waals surface area (Å²) in [6.45, 7) is 9.09. The number of hydrogen-bond acceptors (Lipinski definition) is 8. The number of fused-ring (bicyclic) bond motifs is 2. The van der Waals surface area contributed by atoms with Crippen molar-refractivity contribution < 1.29 is 55.6 Å². The molecule has 12 heteroatoms. The number of esters is 2. The van der Waals surface area contributed by atoms with Crippen LogP contribution in [0.2, 0.25) is 0 Å². The fraction of sp³-hybridized carbons (Fsp3) is 0.262. The van der Waals surface area contributed by atoms with E-state index in [9.17, 15) is 27.2 Å². The number of carbonyl (C=O) groups excluding carboxylic acids is 2. The van der Waals surface area contributed by atoms with E-state index in [-0.39, 0.29) is 57.5 Å². The van der Waals surface area contributed by atoms with Crippen molar-refractivity contribution in [3.05, 3.63) is 189 Å². The van der Waals surface area contributed by atoms with E-state index in [0.29, 0.717) is 91.9 Å². The molecule has 1 fully saturated rings. The number of benzene rings is 6. The third kappa shape index (κ3) is 14.1. The highest BCUT2D eigenvalue weighted by Crippen LogP contribution is 2.49. The lowest BCUT2D eigenvalue weighted by Crippen LogP contribution is -2.37. The van der Waals surface area contributed by atoms with Gasteiger partial charge >= 0.3 is 11.9 Å². The number of rotatable bonds is 16. The largest absolute Gasteiger partial charge is 0.491 e. The maximum absolute atomic E-state index is 15.0. The Hall–Kier alpha value is -8.84. The predicted octanol–water partition coefficient (Wildman–Crippen LogP) is 12.9. The highest BCUT2D eigenvalue weighted by atomic mass is 19.1. The molecule has 0 heterocycles. The van der Waals surface area contributed by atoms with Crippen molar-refractivity contribution in [3.8, 4) is 81.9 Å². The first kappa shape index (κ1) is 54.4. The molecule has 8 rings (SSSR count). The summed E-state index contributed by atoms with van der Waals surface area (Å²) in [5.74, 6) is 17.8. The van der Waals surface area contributed by atoms with Gasteiger partial charge in [0, 0.05) is 33.4 Å². The highest BCUT2D eigenvalue weighted by Gasteiger charge is 2.53. The van der Waals surface area contributed by atoms with Gasteiger partial charge in [-0.1, -0.05) is 87.2 Å². The summed E-state index contributed by atoms with van der Waals surface area (Å²) in [7, 11) is 0. The van der Waals surface area contributed by atoms with Crippen molar-refractivity contribution in [3.63, 3.8) is 0 Å². The highest BCUT2D eigenvalue weighted by molar-refractivity contribution is 5.87. The molecule has 77 heavy (non-hydrogen) atoms. The Morgan fingerprint density at radius 1 is 0.390 bits per heavy atom. The summed E-state index contributed by atoms with van der Waals surface area (Å²) >= 11 is 0. The Balaban J connectivity index is 1.10. The summed E-state index contributed by atoms with van der Waals surface area (Å²) in [5, 5.41) is 0. The van der Waals surface area contributed by atoms with E-state index in [2.05, 4.69) is 47.4 Å². The molecule has 2 aliphatic carbocycles. The zero-order valence-electron chi connectivity index (χ0n) is 43.0. The zero-order valence-corrected chi connectivity index (χ0v) is 43.0. The van der Waals surface area contributed by atoms with Crippen LogP contribution in [0.4, 0.5) is 17.6 Å². The monoisotopic (exact) mass is 1040 g/mol. The van der Waals surface area contributed by atoms with Crippen LogP contribution in [0.1, 0.15) is 104 Å². The van der Waals surface area contributed by atoms with Crippen LogP contribution in [0.3, 0.4) is 0 Å². The van der Waals surface area contributed by atoms with Gasteiger partial charge in [-0.05, 0) is 153 Å². The van der Waals surface area contributed by atoms with E-state index >= 15 is 0 Å². The molecule has 4 atom stereocenters. The van der Waals surface area contributed by atoms with Gasteiger partial charge in [-0.3, -0.25) is 9.59 Å². The van der Waals surface area contributed by atoms with Gasteiger partial charge in [0.1, 0.15) is 11.5 Å². The lowest BCUT2D eigenvalue weighted by atomic mass is 9.83. The van der Waals surface area contributed by atoms with Gasteiger partial charge < -0.3 is 28.4 Å². The average Bonchev–Trinajstić information content (AvgIpc) is 4.08. The Morgan fingerprint density at radius 2 is 0.662 bits per heavy atom. The van der Waals surface area contributed by atoms with Crippen LogP contribution in [0.5, 0.6) is 34.5 Å². The van der Waals surface area contributed by atoms with E-state index in [1.54, 1.807) is 48.5 Å². The average molecular weight is 1040 g/mol. The lowest BCUT2D eigenvalue weighted by Gasteiger charge is -2.25. The van der Waals surface area contributed by atoms with Crippen molar-refractivity contribution in [2.24, 2.45) is 23.7 Å². The Morgan fingerprint density at radius 3 is 0.948 bits per heavy atom. The fourth-order valence-corrected chi connectivity index (χ4v) is 8.59. The molecule has 0 aromatic heterocycles. The summed E-state index contributed by atoms with van der Waals surface area (Å²) in [6.07, 6.45) is 7.08. The molecule has 0 radical (unpaired) electrons. The topological polar surface area (TPSA) is 89.5 Å². The van der Waals surface area contributed by atoms with E-state index in [1.165, 1.54) is 60.7 Å². The zero-order chi connectivity index (χ0) is 54.3. The van der Waals surface area contributed by atoms with Crippen LogP contribution < -0.4 is 28.4 Å². The van der Waals surface area contributed by atoms with E-state index in [1.807, 2.05) is 39.8 Å². The molecular weight excluding hydrogens is 985 g/mol. The first-order chi connectivity index (χ1) is 37.4. The fourth-order valence-electron chi connectivity index (χ4n) is 8.59. The van der Waals surface area contributed by atoms with Crippen LogP contribution in [0.15, 0.2) is 121 Å². The second-order valence-corrected chi connectivity index (χ2v) is 18.2. The molecule has 2 bridgehead atoms. The van der Waals surface area contributed by atoms with Crippen molar-refractivity contribution in [2.45, 2.75) is 59.8 Å². The minimum absolute atomic E-state index is 0.0271. The van der Waals surface area contributed by atoms with Gasteiger partial charge in [-0.2, -0.15) is 0 Å². The van der Waals surface area contributed by atoms with Gasteiger partial charge in [-0.15, -0.1) is 0 Å². The molecule has 8 nitrogen and oxygen atoms in total. The summed E-state index contributed by atoms with van der Waals surface area (Å²) in [6, 6.07) is 27.2. The van der Waals surface area contributed by atoms with Crippen LogP contribution in [-0.2, 0) is 9.59 Å². The van der Waals surface area contributed by atoms with Crippen molar-refractivity contribution in [1.29, 1.82) is 0 Å². The second kappa shape index (κ2) is 26.1. The predicted molar refractivity (Wildman–Crippen MR) is 285 cm³/mol. The molecule has 2 aliphatic rings. The van der Waals surface area contributed by atoms with Gasteiger partial charge in [0.15, 0.2) is 46.3 Å². The third-order valence-corrected chi connectivity index (χ3v) is 12.3. The molecule has 0 saturated heterocycles.